The second-order valence-corrected chi connectivity index (χ2v) is 10.0. The number of hydrogen-bond acceptors (Lipinski definition) is 5. The number of thiophene rings is 1. The Kier molecular flexibility index (Phi) is 6.47. The molecule has 31 heavy (non-hydrogen) atoms. The molecule has 9 heteroatoms. The minimum atomic E-state index is -3.54. The minimum Gasteiger partial charge on any atom is -0.379 e. The van der Waals surface area contributed by atoms with Crippen molar-refractivity contribution in [3.63, 3.8) is 0 Å². The summed E-state index contributed by atoms with van der Waals surface area (Å²) in [5.41, 5.74) is 1.65. The molecule has 2 aromatic carbocycles. The van der Waals surface area contributed by atoms with Gasteiger partial charge in [-0.05, 0) is 47.5 Å². The van der Waals surface area contributed by atoms with Gasteiger partial charge in [-0.2, -0.15) is 4.31 Å². The van der Waals surface area contributed by atoms with Crippen LogP contribution in [0, 0.1) is 5.82 Å². The number of morpholine rings is 1. The van der Waals surface area contributed by atoms with Crippen molar-refractivity contribution in [1.82, 2.24) is 9.62 Å². The summed E-state index contributed by atoms with van der Waals surface area (Å²) in [4.78, 5) is 14.1. The zero-order valence-corrected chi connectivity index (χ0v) is 18.2. The largest absolute Gasteiger partial charge is 0.379 e. The van der Waals surface area contributed by atoms with Gasteiger partial charge in [0, 0.05) is 24.5 Å². The summed E-state index contributed by atoms with van der Waals surface area (Å²) in [7, 11) is -3.54. The van der Waals surface area contributed by atoms with Crippen LogP contribution in [0.3, 0.4) is 0 Å². The van der Waals surface area contributed by atoms with Crippen LogP contribution in [-0.4, -0.2) is 44.9 Å². The Hall–Kier alpha value is -2.59. The van der Waals surface area contributed by atoms with E-state index in [1.807, 2.05) is 6.07 Å². The van der Waals surface area contributed by atoms with Crippen molar-refractivity contribution in [2.24, 2.45) is 0 Å². The van der Waals surface area contributed by atoms with Crippen molar-refractivity contribution < 1.29 is 22.3 Å². The molecule has 1 N–H and O–H groups in total. The molecule has 1 saturated heterocycles. The summed E-state index contributed by atoms with van der Waals surface area (Å²) in [6.45, 7) is 1.77. The molecule has 1 aliphatic rings. The third-order valence-corrected chi connectivity index (χ3v) is 7.99. The van der Waals surface area contributed by atoms with Gasteiger partial charge in [0.05, 0.1) is 23.0 Å². The van der Waals surface area contributed by atoms with Gasteiger partial charge in [0.25, 0.3) is 5.91 Å². The number of hydrogen-bond donors (Lipinski definition) is 1. The second-order valence-electron chi connectivity index (χ2n) is 7.01. The summed E-state index contributed by atoms with van der Waals surface area (Å²) in [5, 5.41) is 2.85. The van der Waals surface area contributed by atoms with Crippen LogP contribution in [-0.2, 0) is 21.3 Å². The number of sulfonamides is 1. The van der Waals surface area contributed by atoms with Crippen LogP contribution < -0.4 is 5.32 Å². The Morgan fingerprint density at radius 3 is 2.35 bits per heavy atom. The average Bonchev–Trinajstić information content (AvgIpc) is 3.29. The third-order valence-electron chi connectivity index (χ3n) is 4.94. The van der Waals surface area contributed by atoms with E-state index >= 15 is 0 Å². The van der Waals surface area contributed by atoms with Gasteiger partial charge >= 0.3 is 0 Å². The van der Waals surface area contributed by atoms with E-state index in [-0.39, 0.29) is 23.2 Å². The second kappa shape index (κ2) is 9.27. The Morgan fingerprint density at radius 1 is 1.00 bits per heavy atom. The van der Waals surface area contributed by atoms with Crippen LogP contribution in [0.4, 0.5) is 4.39 Å². The average molecular weight is 461 g/mol. The highest BCUT2D eigenvalue weighted by atomic mass is 32.2. The molecule has 1 fully saturated rings. The SMILES string of the molecule is O=C(NCc1ccc(S(=O)(=O)N2CCOCC2)cc1)c1ccc(-c2ccc(F)cc2)s1. The molecular weight excluding hydrogens is 439 g/mol. The summed E-state index contributed by atoms with van der Waals surface area (Å²) in [5.74, 6) is -0.523. The molecule has 1 amide bonds. The molecule has 0 aliphatic carbocycles. The predicted molar refractivity (Wildman–Crippen MR) is 117 cm³/mol. The predicted octanol–water partition coefficient (Wildman–Crippen LogP) is 3.51. The van der Waals surface area contributed by atoms with E-state index < -0.39 is 10.0 Å². The van der Waals surface area contributed by atoms with Crippen molar-refractivity contribution in [2.45, 2.75) is 11.4 Å². The maximum atomic E-state index is 13.1. The monoisotopic (exact) mass is 460 g/mol. The summed E-state index contributed by atoms with van der Waals surface area (Å²) in [6.07, 6.45) is 0. The normalized spacial score (nSPS) is 15.0. The topological polar surface area (TPSA) is 75.7 Å². The number of carbonyl (C=O) groups is 1. The Morgan fingerprint density at radius 2 is 1.68 bits per heavy atom. The first-order chi connectivity index (χ1) is 14.9. The van der Waals surface area contributed by atoms with Crippen molar-refractivity contribution in [3.8, 4) is 10.4 Å². The van der Waals surface area contributed by atoms with E-state index in [2.05, 4.69) is 5.32 Å². The molecular formula is C22H21FN2O4S2. The Bertz CT molecular complexity index is 1150. The number of nitrogens with zero attached hydrogens (tertiary/aromatic N) is 1. The maximum absolute atomic E-state index is 13.1. The van der Waals surface area contributed by atoms with Crippen LogP contribution in [0.5, 0.6) is 0 Å². The lowest BCUT2D eigenvalue weighted by Gasteiger charge is -2.26. The van der Waals surface area contributed by atoms with E-state index in [9.17, 15) is 17.6 Å². The van der Waals surface area contributed by atoms with Gasteiger partial charge in [0.1, 0.15) is 5.82 Å². The van der Waals surface area contributed by atoms with Crippen LogP contribution in [0.25, 0.3) is 10.4 Å². The van der Waals surface area contributed by atoms with Gasteiger partial charge in [-0.15, -0.1) is 11.3 Å². The molecule has 4 rings (SSSR count). The number of ether oxygens (including phenoxy) is 1. The summed E-state index contributed by atoms with van der Waals surface area (Å²) >= 11 is 1.33. The van der Waals surface area contributed by atoms with E-state index in [4.69, 9.17) is 4.74 Å². The van der Waals surface area contributed by atoms with Gasteiger partial charge in [0.2, 0.25) is 10.0 Å². The number of benzene rings is 2. The standard InChI is InChI=1S/C22H21FN2O4S2/c23-18-5-3-17(4-6-18)20-9-10-21(30-20)22(26)24-15-16-1-7-19(8-2-16)31(27,28)25-11-13-29-14-12-25/h1-10H,11-15H2,(H,24,26). The molecule has 6 nitrogen and oxygen atoms in total. The smallest absolute Gasteiger partial charge is 0.261 e. The van der Waals surface area contributed by atoms with Crippen molar-refractivity contribution in [1.29, 1.82) is 0 Å². The lowest BCUT2D eigenvalue weighted by Crippen LogP contribution is -2.40. The summed E-state index contributed by atoms with van der Waals surface area (Å²) in [6, 6.07) is 16.2. The minimum absolute atomic E-state index is 0.219. The maximum Gasteiger partial charge on any atom is 0.261 e. The van der Waals surface area contributed by atoms with Gasteiger partial charge in [-0.25, -0.2) is 12.8 Å². The van der Waals surface area contributed by atoms with E-state index in [0.717, 1.165) is 16.0 Å². The quantitative estimate of drug-likeness (QED) is 0.611. The van der Waals surface area contributed by atoms with Crippen LogP contribution in [0.15, 0.2) is 65.6 Å². The Balaban J connectivity index is 1.37. The Labute approximate surface area is 184 Å². The molecule has 3 aromatic rings. The number of halogens is 1. The fraction of sp³-hybridized carbons (Fsp3) is 0.227. The molecule has 2 heterocycles. The zero-order chi connectivity index (χ0) is 21.8. The number of rotatable bonds is 6. The van der Waals surface area contributed by atoms with Gasteiger partial charge in [0.15, 0.2) is 0 Å². The molecule has 162 valence electrons. The van der Waals surface area contributed by atoms with Crippen molar-refractivity contribution in [2.75, 3.05) is 26.3 Å². The highest BCUT2D eigenvalue weighted by molar-refractivity contribution is 7.89. The fourth-order valence-electron chi connectivity index (χ4n) is 3.21. The molecule has 0 atom stereocenters. The summed E-state index contributed by atoms with van der Waals surface area (Å²) < 4.78 is 45.0. The highest BCUT2D eigenvalue weighted by Gasteiger charge is 2.26. The highest BCUT2D eigenvalue weighted by Crippen LogP contribution is 2.28. The first kappa shape index (κ1) is 21.6. The van der Waals surface area contributed by atoms with Crippen molar-refractivity contribution >= 4 is 27.3 Å². The molecule has 0 radical (unpaired) electrons. The molecule has 0 spiro atoms. The van der Waals surface area contributed by atoms with Gasteiger partial charge in [-0.1, -0.05) is 24.3 Å². The van der Waals surface area contributed by atoms with Crippen LogP contribution in [0.1, 0.15) is 15.2 Å². The molecule has 1 aliphatic heterocycles. The van der Waals surface area contributed by atoms with Gasteiger partial charge in [-0.3, -0.25) is 4.79 Å². The first-order valence-corrected chi connectivity index (χ1v) is 12.0. The van der Waals surface area contributed by atoms with Crippen LogP contribution in [0.2, 0.25) is 0 Å². The molecule has 0 unspecified atom stereocenters. The molecule has 1 aromatic heterocycles. The fourth-order valence-corrected chi connectivity index (χ4v) is 5.55. The van der Waals surface area contributed by atoms with Gasteiger partial charge < -0.3 is 10.1 Å². The number of nitrogens with one attached hydrogen (secondary N) is 1. The molecule has 0 saturated carbocycles. The number of carbonyl (C=O) groups excluding carboxylic acids is 1. The molecule has 0 bridgehead atoms. The third kappa shape index (κ3) is 5.01. The van der Waals surface area contributed by atoms with Crippen LogP contribution >= 0.6 is 11.3 Å². The lowest BCUT2D eigenvalue weighted by molar-refractivity contribution is 0.0730. The number of amides is 1. The van der Waals surface area contributed by atoms with Crippen molar-refractivity contribution in [3.05, 3.63) is 76.9 Å². The zero-order valence-electron chi connectivity index (χ0n) is 16.6. The van der Waals surface area contributed by atoms with E-state index in [1.54, 1.807) is 42.5 Å². The first-order valence-electron chi connectivity index (χ1n) is 9.74. The van der Waals surface area contributed by atoms with E-state index in [1.165, 1.54) is 27.8 Å². The van der Waals surface area contributed by atoms with E-state index in [0.29, 0.717) is 31.2 Å². The lowest BCUT2D eigenvalue weighted by atomic mass is 10.2.